The normalized spacial score (nSPS) is 38.5. The van der Waals surface area contributed by atoms with Crippen LogP contribution in [0.25, 0.3) is 0 Å². The predicted molar refractivity (Wildman–Crippen MR) is 146 cm³/mol. The summed E-state index contributed by atoms with van der Waals surface area (Å²) in [7, 11) is 0. The Morgan fingerprint density at radius 1 is 0.892 bits per heavy atom. The number of fused-ring (bicyclic) bond motifs is 5. The summed E-state index contributed by atoms with van der Waals surface area (Å²) in [5.41, 5.74) is 3.89. The lowest BCUT2D eigenvalue weighted by Crippen LogP contribution is -2.51. The van der Waals surface area contributed by atoms with E-state index >= 15 is 0 Å². The van der Waals surface area contributed by atoms with Gasteiger partial charge in [-0.25, -0.2) is 0 Å². The van der Waals surface area contributed by atoms with Crippen LogP contribution in [0.2, 0.25) is 0 Å². The van der Waals surface area contributed by atoms with Crippen molar-refractivity contribution in [2.45, 2.75) is 77.7 Å². The van der Waals surface area contributed by atoms with Crippen molar-refractivity contribution in [2.75, 3.05) is 0 Å². The van der Waals surface area contributed by atoms with Crippen LogP contribution in [0.3, 0.4) is 0 Å². The summed E-state index contributed by atoms with van der Waals surface area (Å²) in [5, 5.41) is 0. The molecular weight excluding hydrogens is 456 g/mol. The lowest BCUT2D eigenvalue weighted by atomic mass is 9.47. The van der Waals surface area contributed by atoms with Gasteiger partial charge in [-0.2, -0.15) is 0 Å². The van der Waals surface area contributed by atoms with Gasteiger partial charge in [0.1, 0.15) is 6.10 Å². The van der Waals surface area contributed by atoms with Crippen molar-refractivity contribution in [1.29, 1.82) is 0 Å². The number of rotatable bonds is 4. The molecule has 8 atom stereocenters. The van der Waals surface area contributed by atoms with Crippen LogP contribution in [0, 0.1) is 34.5 Å². The molecule has 3 heteroatoms. The standard InChI is InChI=1S/C34H40O3/c1-22(35)37-26-16-18-33(2)25(20-26)14-15-27-29(33)17-19-34(3)30(27)21-28(23-10-6-4-7-11-23)31(34)32(36)24-12-8-5-9-13-24/h4-14,26-31H,15-21H2,1-3H3/t26-,27+,28-,29+,30+,31+,33+,34+/m0/s1. The minimum absolute atomic E-state index is 0.00520. The molecule has 2 aromatic rings. The largest absolute Gasteiger partial charge is 0.462 e. The molecule has 0 heterocycles. The fourth-order valence-corrected chi connectivity index (χ4v) is 9.30. The number of benzene rings is 2. The van der Waals surface area contributed by atoms with E-state index in [0.717, 1.165) is 44.1 Å². The summed E-state index contributed by atoms with van der Waals surface area (Å²) in [5.74, 6) is 2.24. The number of allylic oxidation sites excluding steroid dienone is 1. The van der Waals surface area contributed by atoms with E-state index < -0.39 is 0 Å². The third-order valence-electron chi connectivity index (χ3n) is 11.0. The first kappa shape index (κ1) is 24.6. The van der Waals surface area contributed by atoms with Crippen molar-refractivity contribution in [3.63, 3.8) is 0 Å². The number of carbonyl (C=O) groups is 2. The molecule has 0 aliphatic heterocycles. The van der Waals surface area contributed by atoms with Gasteiger partial charge in [-0.05, 0) is 78.6 Å². The first-order valence-electron chi connectivity index (χ1n) is 14.3. The van der Waals surface area contributed by atoms with Gasteiger partial charge < -0.3 is 4.74 Å². The molecule has 0 bridgehead atoms. The average molecular weight is 497 g/mol. The van der Waals surface area contributed by atoms with Crippen LogP contribution >= 0.6 is 0 Å². The van der Waals surface area contributed by atoms with Gasteiger partial charge in [0, 0.05) is 24.8 Å². The Morgan fingerprint density at radius 2 is 1.59 bits per heavy atom. The fraction of sp³-hybridized carbons (Fsp3) is 0.529. The predicted octanol–water partition coefficient (Wildman–Crippen LogP) is 7.77. The van der Waals surface area contributed by atoms with E-state index in [4.69, 9.17) is 4.74 Å². The van der Waals surface area contributed by atoms with Crippen molar-refractivity contribution < 1.29 is 14.3 Å². The van der Waals surface area contributed by atoms with Crippen LogP contribution in [0.15, 0.2) is 72.3 Å². The summed E-state index contributed by atoms with van der Waals surface area (Å²) in [4.78, 5) is 25.8. The van der Waals surface area contributed by atoms with Gasteiger partial charge in [0.05, 0.1) is 0 Å². The van der Waals surface area contributed by atoms with Crippen LogP contribution in [0.1, 0.15) is 87.6 Å². The first-order chi connectivity index (χ1) is 17.8. The Labute approximate surface area is 221 Å². The summed E-state index contributed by atoms with van der Waals surface area (Å²) >= 11 is 0. The van der Waals surface area contributed by atoms with Gasteiger partial charge in [0.2, 0.25) is 0 Å². The monoisotopic (exact) mass is 496 g/mol. The fourth-order valence-electron chi connectivity index (χ4n) is 9.30. The third-order valence-corrected chi connectivity index (χ3v) is 11.0. The van der Waals surface area contributed by atoms with Crippen LogP contribution < -0.4 is 0 Å². The minimum Gasteiger partial charge on any atom is -0.462 e. The highest BCUT2D eigenvalue weighted by molar-refractivity contribution is 5.99. The van der Waals surface area contributed by atoms with Gasteiger partial charge in [-0.1, -0.05) is 86.2 Å². The van der Waals surface area contributed by atoms with Crippen molar-refractivity contribution in [1.82, 2.24) is 0 Å². The molecule has 4 aliphatic rings. The lowest BCUT2D eigenvalue weighted by Gasteiger charge is -2.58. The average Bonchev–Trinajstić information content (AvgIpc) is 3.22. The van der Waals surface area contributed by atoms with Gasteiger partial charge in [-0.3, -0.25) is 9.59 Å². The number of ketones is 1. The Bertz CT molecular complexity index is 1200. The molecule has 4 aliphatic carbocycles. The number of hydrogen-bond acceptors (Lipinski definition) is 3. The Balaban J connectivity index is 1.35. The highest BCUT2D eigenvalue weighted by atomic mass is 16.5. The van der Waals surface area contributed by atoms with Gasteiger partial charge in [-0.15, -0.1) is 0 Å². The molecule has 0 radical (unpaired) electrons. The smallest absolute Gasteiger partial charge is 0.302 e. The topological polar surface area (TPSA) is 43.4 Å². The van der Waals surface area contributed by atoms with Crippen molar-refractivity contribution in [3.05, 3.63) is 83.4 Å². The number of Topliss-reactive ketones (excluding diaryl/α,β-unsaturated/α-hetero) is 1. The molecule has 0 N–H and O–H groups in total. The highest BCUT2D eigenvalue weighted by Gasteiger charge is 2.62. The Kier molecular flexibility index (Phi) is 6.17. The SMILES string of the molecule is CC(=O)O[C@H]1CC[C@]2(C)C(=CC[C@H]3[C@H]4C[C@@H](c5ccccc5)[C@H](C(=O)c5ccccc5)[C@]4(C)CC[C@H]32)C1. The van der Waals surface area contributed by atoms with E-state index in [-0.39, 0.29) is 34.7 Å². The molecule has 0 unspecified atom stereocenters. The first-order valence-corrected chi connectivity index (χ1v) is 14.3. The zero-order valence-electron chi connectivity index (χ0n) is 22.5. The zero-order valence-corrected chi connectivity index (χ0v) is 22.5. The zero-order chi connectivity index (χ0) is 25.8. The molecule has 0 saturated heterocycles. The van der Waals surface area contributed by atoms with Crippen LogP contribution in [0.5, 0.6) is 0 Å². The summed E-state index contributed by atoms with van der Waals surface area (Å²) in [6.07, 6.45) is 9.97. The number of esters is 1. The van der Waals surface area contributed by atoms with E-state index in [2.05, 4.69) is 50.3 Å². The summed E-state index contributed by atoms with van der Waals surface area (Å²) < 4.78 is 5.63. The second kappa shape index (κ2) is 9.26. The quantitative estimate of drug-likeness (QED) is 0.247. The van der Waals surface area contributed by atoms with Crippen molar-refractivity contribution in [2.24, 2.45) is 34.5 Å². The third kappa shape index (κ3) is 4.01. The van der Waals surface area contributed by atoms with Gasteiger partial charge in [0.25, 0.3) is 0 Å². The molecule has 2 aromatic carbocycles. The minimum atomic E-state index is -0.164. The van der Waals surface area contributed by atoms with E-state index in [9.17, 15) is 9.59 Å². The summed E-state index contributed by atoms with van der Waals surface area (Å²) in [6, 6.07) is 20.8. The van der Waals surface area contributed by atoms with Crippen molar-refractivity contribution >= 4 is 11.8 Å². The maximum atomic E-state index is 14.2. The number of carbonyl (C=O) groups excluding carboxylic acids is 2. The molecule has 3 nitrogen and oxygen atoms in total. The second-order valence-corrected chi connectivity index (χ2v) is 12.7. The molecular formula is C34H40O3. The molecule has 37 heavy (non-hydrogen) atoms. The van der Waals surface area contributed by atoms with E-state index in [1.165, 1.54) is 24.5 Å². The van der Waals surface area contributed by atoms with Crippen molar-refractivity contribution in [3.8, 4) is 0 Å². The molecule has 6 rings (SSSR count). The number of hydrogen-bond donors (Lipinski definition) is 0. The van der Waals surface area contributed by atoms with Gasteiger partial charge >= 0.3 is 5.97 Å². The highest BCUT2D eigenvalue weighted by Crippen LogP contribution is 2.69. The molecule has 0 amide bonds. The second-order valence-electron chi connectivity index (χ2n) is 12.7. The maximum absolute atomic E-state index is 14.2. The Morgan fingerprint density at radius 3 is 2.30 bits per heavy atom. The Hall–Kier alpha value is -2.68. The molecule has 3 fully saturated rings. The van der Waals surface area contributed by atoms with E-state index in [0.29, 0.717) is 23.5 Å². The van der Waals surface area contributed by atoms with Crippen LogP contribution in [-0.4, -0.2) is 17.9 Å². The lowest BCUT2D eigenvalue weighted by molar-refractivity contribution is -0.148. The number of ether oxygens (including phenoxy) is 1. The summed E-state index contributed by atoms with van der Waals surface area (Å²) in [6.45, 7) is 6.46. The van der Waals surface area contributed by atoms with Gasteiger partial charge in [0.15, 0.2) is 5.78 Å². The van der Waals surface area contributed by atoms with E-state index in [1.54, 1.807) is 0 Å². The molecule has 194 valence electrons. The molecule has 0 spiro atoms. The molecule has 0 aromatic heterocycles. The van der Waals surface area contributed by atoms with E-state index in [1.807, 2.05) is 30.3 Å². The molecule has 3 saturated carbocycles. The van der Waals surface area contributed by atoms with Crippen LogP contribution in [0.4, 0.5) is 0 Å². The maximum Gasteiger partial charge on any atom is 0.302 e. The van der Waals surface area contributed by atoms with Crippen LogP contribution in [-0.2, 0) is 9.53 Å².